The first-order chi connectivity index (χ1) is 8.50. The molecule has 0 bridgehead atoms. The SMILES string of the molecule is Br.Cc1ccc(S(=O)(=O)N2CCNCC(O)C2)cc1. The van der Waals surface area contributed by atoms with Crippen LogP contribution in [0.25, 0.3) is 0 Å². The number of aliphatic hydroxyl groups excluding tert-OH is 1. The predicted octanol–water partition coefficient (Wildman–Crippen LogP) is 0.528. The zero-order valence-electron chi connectivity index (χ0n) is 10.7. The van der Waals surface area contributed by atoms with Gasteiger partial charge in [-0.3, -0.25) is 0 Å². The van der Waals surface area contributed by atoms with Crippen LogP contribution in [0.15, 0.2) is 29.2 Å². The molecule has 2 N–H and O–H groups in total. The van der Waals surface area contributed by atoms with Gasteiger partial charge in [-0.2, -0.15) is 4.31 Å². The second-order valence-corrected chi connectivity index (χ2v) is 6.47. The fourth-order valence-electron chi connectivity index (χ4n) is 1.94. The molecule has 1 saturated heterocycles. The molecule has 0 aromatic heterocycles. The van der Waals surface area contributed by atoms with Crippen molar-refractivity contribution in [2.24, 2.45) is 0 Å². The molecule has 1 aliphatic rings. The minimum absolute atomic E-state index is 0. The lowest BCUT2D eigenvalue weighted by molar-refractivity contribution is 0.159. The Hall–Kier alpha value is -0.470. The third-order valence-corrected chi connectivity index (χ3v) is 4.87. The second kappa shape index (κ2) is 6.81. The normalized spacial score (nSPS) is 21.5. The summed E-state index contributed by atoms with van der Waals surface area (Å²) >= 11 is 0. The maximum Gasteiger partial charge on any atom is 0.243 e. The number of nitrogens with one attached hydrogen (secondary N) is 1. The smallest absolute Gasteiger partial charge is 0.243 e. The molecule has 5 nitrogen and oxygen atoms in total. The van der Waals surface area contributed by atoms with Gasteiger partial charge in [0.1, 0.15) is 0 Å². The van der Waals surface area contributed by atoms with Gasteiger partial charge in [-0.05, 0) is 19.1 Å². The maximum absolute atomic E-state index is 12.4. The van der Waals surface area contributed by atoms with Crippen LogP contribution < -0.4 is 5.32 Å². The van der Waals surface area contributed by atoms with Crippen LogP contribution in [0.2, 0.25) is 0 Å². The molecule has 1 aromatic rings. The lowest BCUT2D eigenvalue weighted by atomic mass is 10.2. The van der Waals surface area contributed by atoms with Gasteiger partial charge >= 0.3 is 0 Å². The summed E-state index contributed by atoms with van der Waals surface area (Å²) in [7, 11) is -3.50. The van der Waals surface area contributed by atoms with Crippen molar-refractivity contribution in [3.63, 3.8) is 0 Å². The van der Waals surface area contributed by atoms with E-state index in [9.17, 15) is 13.5 Å². The van der Waals surface area contributed by atoms with E-state index >= 15 is 0 Å². The van der Waals surface area contributed by atoms with Gasteiger partial charge in [-0.1, -0.05) is 17.7 Å². The molecule has 0 amide bonds. The highest BCUT2D eigenvalue weighted by Crippen LogP contribution is 2.17. The summed E-state index contributed by atoms with van der Waals surface area (Å²) < 4.78 is 26.1. The van der Waals surface area contributed by atoms with E-state index in [2.05, 4.69) is 5.32 Å². The molecule has 0 aliphatic carbocycles. The predicted molar refractivity (Wildman–Crippen MR) is 79.1 cm³/mol. The largest absolute Gasteiger partial charge is 0.390 e. The van der Waals surface area contributed by atoms with E-state index < -0.39 is 16.1 Å². The minimum atomic E-state index is -3.50. The van der Waals surface area contributed by atoms with E-state index in [1.54, 1.807) is 24.3 Å². The van der Waals surface area contributed by atoms with Crippen LogP contribution in [0.4, 0.5) is 0 Å². The quantitative estimate of drug-likeness (QED) is 0.816. The third-order valence-electron chi connectivity index (χ3n) is 2.99. The number of sulfonamides is 1. The molecule has 2 rings (SSSR count). The Kier molecular flexibility index (Phi) is 5.94. The van der Waals surface area contributed by atoms with Crippen molar-refractivity contribution >= 4 is 27.0 Å². The van der Waals surface area contributed by atoms with Crippen LogP contribution in [-0.2, 0) is 10.0 Å². The fourth-order valence-corrected chi connectivity index (χ4v) is 3.42. The molecule has 1 heterocycles. The Balaban J connectivity index is 0.00000180. The van der Waals surface area contributed by atoms with Crippen molar-refractivity contribution in [3.05, 3.63) is 29.8 Å². The minimum Gasteiger partial charge on any atom is -0.390 e. The summed E-state index contributed by atoms with van der Waals surface area (Å²) in [6, 6.07) is 6.77. The molecule has 1 aliphatic heterocycles. The van der Waals surface area contributed by atoms with Gasteiger partial charge in [-0.15, -0.1) is 17.0 Å². The third kappa shape index (κ3) is 4.00. The first kappa shape index (κ1) is 16.6. The van der Waals surface area contributed by atoms with Gasteiger partial charge in [0.25, 0.3) is 0 Å². The number of benzene rings is 1. The lowest BCUT2D eigenvalue weighted by Gasteiger charge is -2.21. The van der Waals surface area contributed by atoms with Crippen LogP contribution in [0.3, 0.4) is 0 Å². The summed E-state index contributed by atoms with van der Waals surface area (Å²) in [6.45, 7) is 3.43. The number of aryl methyl sites for hydroxylation is 1. The molecule has 7 heteroatoms. The monoisotopic (exact) mass is 350 g/mol. The van der Waals surface area contributed by atoms with E-state index in [4.69, 9.17) is 0 Å². The lowest BCUT2D eigenvalue weighted by Crippen LogP contribution is -2.37. The highest BCUT2D eigenvalue weighted by molar-refractivity contribution is 8.93. The van der Waals surface area contributed by atoms with E-state index in [0.29, 0.717) is 19.6 Å². The molecule has 0 spiro atoms. The fraction of sp³-hybridized carbons (Fsp3) is 0.500. The summed E-state index contributed by atoms with van der Waals surface area (Å²) in [5.41, 5.74) is 1.02. The van der Waals surface area contributed by atoms with Crippen molar-refractivity contribution in [1.29, 1.82) is 0 Å². The van der Waals surface area contributed by atoms with Gasteiger partial charge in [-0.25, -0.2) is 8.42 Å². The summed E-state index contributed by atoms with van der Waals surface area (Å²) in [4.78, 5) is 0.280. The molecule has 108 valence electrons. The van der Waals surface area contributed by atoms with Gasteiger partial charge in [0.2, 0.25) is 10.0 Å². The number of halogens is 1. The molecular formula is C12H19BrN2O3S. The van der Waals surface area contributed by atoms with Gasteiger partial charge < -0.3 is 10.4 Å². The topological polar surface area (TPSA) is 69.6 Å². The van der Waals surface area contributed by atoms with E-state index in [1.165, 1.54) is 4.31 Å². The number of nitrogens with zero attached hydrogens (tertiary/aromatic N) is 1. The second-order valence-electron chi connectivity index (χ2n) is 4.53. The van der Waals surface area contributed by atoms with Crippen molar-refractivity contribution in [2.75, 3.05) is 26.2 Å². The Morgan fingerprint density at radius 2 is 1.95 bits per heavy atom. The Bertz CT molecular complexity index is 504. The average molecular weight is 351 g/mol. The molecular weight excluding hydrogens is 332 g/mol. The zero-order valence-corrected chi connectivity index (χ0v) is 13.3. The van der Waals surface area contributed by atoms with Crippen molar-refractivity contribution < 1.29 is 13.5 Å². The van der Waals surface area contributed by atoms with Crippen LogP contribution in [-0.4, -0.2) is 50.1 Å². The average Bonchev–Trinajstić information content (AvgIpc) is 2.55. The number of rotatable bonds is 2. The first-order valence-electron chi connectivity index (χ1n) is 5.96. The zero-order chi connectivity index (χ0) is 13.2. The van der Waals surface area contributed by atoms with Crippen LogP contribution >= 0.6 is 17.0 Å². The van der Waals surface area contributed by atoms with Crippen molar-refractivity contribution in [2.45, 2.75) is 17.9 Å². The molecule has 0 saturated carbocycles. The molecule has 1 atom stereocenters. The van der Waals surface area contributed by atoms with Gasteiger partial charge in [0.05, 0.1) is 11.0 Å². The highest BCUT2D eigenvalue weighted by Gasteiger charge is 2.27. The molecule has 0 radical (unpaired) electrons. The first-order valence-corrected chi connectivity index (χ1v) is 7.40. The molecule has 1 aromatic carbocycles. The van der Waals surface area contributed by atoms with Crippen LogP contribution in [0, 0.1) is 6.92 Å². The number of hydrogen-bond acceptors (Lipinski definition) is 4. The summed E-state index contributed by atoms with van der Waals surface area (Å²) in [5.74, 6) is 0. The summed E-state index contributed by atoms with van der Waals surface area (Å²) in [5, 5.41) is 12.6. The molecule has 19 heavy (non-hydrogen) atoms. The van der Waals surface area contributed by atoms with Gasteiger partial charge in [0, 0.05) is 26.2 Å². The number of hydrogen-bond donors (Lipinski definition) is 2. The van der Waals surface area contributed by atoms with Crippen molar-refractivity contribution in [1.82, 2.24) is 9.62 Å². The molecule has 1 fully saturated rings. The Labute approximate surface area is 124 Å². The van der Waals surface area contributed by atoms with Crippen molar-refractivity contribution in [3.8, 4) is 0 Å². The number of aliphatic hydroxyl groups is 1. The number of β-amino-alcohol motifs (C(OH)–C–C–N with tert-alkyl or cyclic N) is 1. The Morgan fingerprint density at radius 3 is 2.58 bits per heavy atom. The molecule has 1 unspecified atom stereocenters. The van der Waals surface area contributed by atoms with Gasteiger partial charge in [0.15, 0.2) is 0 Å². The highest BCUT2D eigenvalue weighted by atomic mass is 79.9. The Morgan fingerprint density at radius 1 is 1.32 bits per heavy atom. The van der Waals surface area contributed by atoms with E-state index in [1.807, 2.05) is 6.92 Å². The van der Waals surface area contributed by atoms with Crippen LogP contribution in [0.1, 0.15) is 5.56 Å². The van der Waals surface area contributed by atoms with Crippen LogP contribution in [0.5, 0.6) is 0 Å². The van der Waals surface area contributed by atoms with E-state index in [0.717, 1.165) is 5.56 Å². The standard InChI is InChI=1S/C12H18N2O3S.BrH/c1-10-2-4-12(5-3-10)18(16,17)14-7-6-13-8-11(15)9-14;/h2-5,11,13,15H,6-9H2,1H3;1H. The summed E-state index contributed by atoms with van der Waals surface area (Å²) in [6.07, 6.45) is -0.660. The maximum atomic E-state index is 12.4. The van der Waals surface area contributed by atoms with E-state index in [-0.39, 0.29) is 28.4 Å².